The van der Waals surface area contributed by atoms with E-state index in [1.165, 1.54) is 19.1 Å². The number of hydroxylamine groups is 2. The number of carbonyl (C=O) groups excluding carboxylic acids is 2. The Kier molecular flexibility index (Phi) is 7.22. The Morgan fingerprint density at radius 2 is 2.00 bits per heavy atom. The summed E-state index contributed by atoms with van der Waals surface area (Å²) in [5, 5.41) is 11.7. The third-order valence-corrected chi connectivity index (χ3v) is 4.07. The van der Waals surface area contributed by atoms with Crippen molar-refractivity contribution in [3.63, 3.8) is 0 Å². The number of ether oxygens (including phenoxy) is 2. The van der Waals surface area contributed by atoms with Crippen molar-refractivity contribution < 1.29 is 29.0 Å². The predicted octanol–water partition coefficient (Wildman–Crippen LogP) is 1.91. The lowest BCUT2D eigenvalue weighted by Gasteiger charge is -2.36. The number of carbonyl (C=O) groups is 2. The molecule has 0 radical (unpaired) electrons. The topological polar surface area (TPSA) is 88.5 Å². The summed E-state index contributed by atoms with van der Waals surface area (Å²) in [5.41, 5.74) is -1.50. The molecule has 0 aromatic carbocycles. The summed E-state index contributed by atoms with van der Waals surface area (Å²) in [5.74, 6) is -0.165. The van der Waals surface area contributed by atoms with Crippen LogP contribution >= 0.6 is 0 Å². The van der Waals surface area contributed by atoms with Gasteiger partial charge in [0.25, 0.3) is 0 Å². The number of hydrogen-bond acceptors (Lipinski definition) is 6. The van der Waals surface area contributed by atoms with Crippen LogP contribution < -0.4 is 0 Å². The van der Waals surface area contributed by atoms with Crippen molar-refractivity contribution in [2.24, 2.45) is 0 Å². The van der Waals surface area contributed by atoms with E-state index < -0.39 is 29.6 Å². The molecule has 25 heavy (non-hydrogen) atoms. The Bertz CT molecular complexity index is 474. The molecular formula is C17H32N2O6. The molecule has 0 aromatic rings. The number of rotatable bonds is 6. The largest absolute Gasteiger partial charge is 0.444 e. The van der Waals surface area contributed by atoms with E-state index >= 15 is 0 Å². The van der Waals surface area contributed by atoms with Crippen LogP contribution in [-0.2, 0) is 19.1 Å². The first-order chi connectivity index (χ1) is 11.4. The van der Waals surface area contributed by atoms with Gasteiger partial charge in [0, 0.05) is 13.5 Å². The smallest absolute Gasteiger partial charge is 0.412 e. The van der Waals surface area contributed by atoms with Gasteiger partial charge in [0.05, 0.1) is 25.9 Å². The lowest BCUT2D eigenvalue weighted by molar-refractivity contribution is -0.168. The van der Waals surface area contributed by atoms with E-state index in [1.807, 2.05) is 0 Å². The van der Waals surface area contributed by atoms with Crippen molar-refractivity contribution in [3.8, 4) is 0 Å². The molecule has 1 rings (SSSR count). The molecule has 1 saturated heterocycles. The molecule has 0 aliphatic carbocycles. The lowest BCUT2D eigenvalue weighted by Crippen LogP contribution is -2.53. The molecule has 146 valence electrons. The van der Waals surface area contributed by atoms with E-state index in [1.54, 1.807) is 34.6 Å². The van der Waals surface area contributed by atoms with Crippen molar-refractivity contribution in [3.05, 3.63) is 0 Å². The molecule has 2 atom stereocenters. The van der Waals surface area contributed by atoms with Crippen molar-refractivity contribution in [2.45, 2.75) is 77.4 Å². The molecule has 1 aliphatic heterocycles. The van der Waals surface area contributed by atoms with Gasteiger partial charge >= 0.3 is 6.09 Å². The molecule has 2 amide bonds. The zero-order valence-corrected chi connectivity index (χ0v) is 16.4. The molecular weight excluding hydrogens is 328 g/mol. The lowest BCUT2D eigenvalue weighted by atomic mass is 10.0. The Labute approximate surface area is 150 Å². The van der Waals surface area contributed by atoms with E-state index in [0.29, 0.717) is 12.8 Å². The van der Waals surface area contributed by atoms with Gasteiger partial charge in [0.1, 0.15) is 11.3 Å². The Morgan fingerprint density at radius 3 is 2.52 bits per heavy atom. The number of nitrogens with zero attached hydrogens (tertiary/aromatic N) is 2. The highest BCUT2D eigenvalue weighted by Crippen LogP contribution is 2.32. The zero-order valence-electron chi connectivity index (χ0n) is 16.4. The summed E-state index contributed by atoms with van der Waals surface area (Å²) in [4.78, 5) is 30.5. The van der Waals surface area contributed by atoms with Crippen molar-refractivity contribution in [2.75, 3.05) is 20.8 Å². The SMILES string of the molecule is CON(C)C(=O)CCC[C@@H](O)[C@@H]1COC(C)(C)N1C(=O)OC(C)(C)C. The number of hydrogen-bond donors (Lipinski definition) is 1. The first-order valence-electron chi connectivity index (χ1n) is 8.54. The second-order valence-electron chi connectivity index (χ2n) is 7.71. The number of aliphatic hydroxyl groups is 1. The third-order valence-electron chi connectivity index (χ3n) is 4.07. The van der Waals surface area contributed by atoms with Gasteiger partial charge in [-0.25, -0.2) is 9.86 Å². The molecule has 0 bridgehead atoms. The van der Waals surface area contributed by atoms with Crippen LogP contribution in [0.15, 0.2) is 0 Å². The van der Waals surface area contributed by atoms with Crippen molar-refractivity contribution >= 4 is 12.0 Å². The van der Waals surface area contributed by atoms with Gasteiger partial charge < -0.3 is 14.6 Å². The van der Waals surface area contributed by atoms with Gasteiger partial charge in [0.15, 0.2) is 0 Å². The van der Waals surface area contributed by atoms with E-state index in [4.69, 9.17) is 14.3 Å². The van der Waals surface area contributed by atoms with Gasteiger partial charge in [-0.1, -0.05) is 0 Å². The minimum atomic E-state index is -0.861. The van der Waals surface area contributed by atoms with Crippen LogP contribution in [0, 0.1) is 0 Å². The van der Waals surface area contributed by atoms with Crippen molar-refractivity contribution in [1.82, 2.24) is 9.96 Å². The second-order valence-corrected chi connectivity index (χ2v) is 7.71. The zero-order chi connectivity index (χ0) is 19.4. The van der Waals surface area contributed by atoms with E-state index in [2.05, 4.69) is 0 Å². The van der Waals surface area contributed by atoms with Crippen LogP contribution in [0.2, 0.25) is 0 Å². The number of amides is 2. The molecule has 0 unspecified atom stereocenters. The first kappa shape index (κ1) is 21.7. The van der Waals surface area contributed by atoms with Crippen LogP contribution in [0.5, 0.6) is 0 Å². The average Bonchev–Trinajstić information content (AvgIpc) is 2.79. The Hall–Kier alpha value is -1.38. The highest BCUT2D eigenvalue weighted by Gasteiger charge is 2.48. The van der Waals surface area contributed by atoms with Crippen LogP contribution in [0.4, 0.5) is 4.79 Å². The fraction of sp³-hybridized carbons (Fsp3) is 0.882. The molecule has 1 fully saturated rings. The highest BCUT2D eigenvalue weighted by molar-refractivity contribution is 5.74. The Balaban J connectivity index is 2.68. The van der Waals surface area contributed by atoms with Gasteiger partial charge in [-0.05, 0) is 47.5 Å². The molecule has 0 spiro atoms. The maximum absolute atomic E-state index is 12.5. The maximum atomic E-state index is 12.5. The van der Waals surface area contributed by atoms with Gasteiger partial charge in [-0.2, -0.15) is 0 Å². The molecule has 8 nitrogen and oxygen atoms in total. The van der Waals surface area contributed by atoms with Gasteiger partial charge in [-0.15, -0.1) is 0 Å². The summed E-state index contributed by atoms with van der Waals surface area (Å²) < 4.78 is 11.1. The summed E-state index contributed by atoms with van der Waals surface area (Å²) in [6.07, 6.45) is -0.228. The van der Waals surface area contributed by atoms with Crippen molar-refractivity contribution in [1.29, 1.82) is 0 Å². The molecule has 0 aromatic heterocycles. The highest BCUT2D eigenvalue weighted by atomic mass is 16.7. The third kappa shape index (κ3) is 6.13. The van der Waals surface area contributed by atoms with E-state index in [-0.39, 0.29) is 18.9 Å². The summed E-state index contributed by atoms with van der Waals surface area (Å²) in [7, 11) is 2.96. The molecule has 1 heterocycles. The minimum absolute atomic E-state index is 0.165. The minimum Gasteiger partial charge on any atom is -0.444 e. The van der Waals surface area contributed by atoms with Crippen LogP contribution in [0.25, 0.3) is 0 Å². The quantitative estimate of drug-likeness (QED) is 0.728. The Morgan fingerprint density at radius 1 is 1.40 bits per heavy atom. The number of aliphatic hydroxyl groups excluding tert-OH is 1. The normalized spacial score (nSPS) is 21.1. The fourth-order valence-electron chi connectivity index (χ4n) is 2.70. The van der Waals surface area contributed by atoms with Crippen LogP contribution in [0.1, 0.15) is 53.9 Å². The van der Waals surface area contributed by atoms with E-state index in [0.717, 1.165) is 5.06 Å². The summed E-state index contributed by atoms with van der Waals surface area (Å²) in [6.45, 7) is 9.12. The summed E-state index contributed by atoms with van der Waals surface area (Å²) >= 11 is 0. The van der Waals surface area contributed by atoms with E-state index in [9.17, 15) is 14.7 Å². The average molecular weight is 360 g/mol. The van der Waals surface area contributed by atoms with Crippen LogP contribution in [0.3, 0.4) is 0 Å². The first-order valence-corrected chi connectivity index (χ1v) is 8.54. The van der Waals surface area contributed by atoms with Gasteiger partial charge in [0.2, 0.25) is 5.91 Å². The second kappa shape index (κ2) is 8.33. The van der Waals surface area contributed by atoms with Gasteiger partial charge in [-0.3, -0.25) is 14.5 Å². The molecule has 0 saturated carbocycles. The maximum Gasteiger partial charge on any atom is 0.412 e. The predicted molar refractivity (Wildman–Crippen MR) is 91.5 cm³/mol. The molecule has 8 heteroatoms. The summed E-state index contributed by atoms with van der Waals surface area (Å²) in [6, 6.07) is -0.514. The van der Waals surface area contributed by atoms with Crippen LogP contribution in [-0.4, -0.2) is 71.3 Å². The standard InChI is InChI=1S/C17H32N2O6/c1-16(2,3)25-15(22)19-12(11-24-17(19,4)5)13(20)9-8-10-14(21)18(6)23-7/h12-13,20H,8-11H2,1-7H3/t12-,13+/m0/s1. The monoisotopic (exact) mass is 360 g/mol. The molecule has 1 aliphatic rings. The fourth-order valence-corrected chi connectivity index (χ4v) is 2.70. The molecule has 1 N–H and O–H groups in total.